The highest BCUT2D eigenvalue weighted by atomic mass is 35.5. The first-order valence-corrected chi connectivity index (χ1v) is 7.44. The molecule has 1 heterocycles. The van der Waals surface area contributed by atoms with E-state index in [1.54, 1.807) is 0 Å². The van der Waals surface area contributed by atoms with Crippen LogP contribution in [0, 0.1) is 13.8 Å². The number of halogens is 1. The van der Waals surface area contributed by atoms with Crippen LogP contribution in [0.15, 0.2) is 24.4 Å². The Morgan fingerprint density at radius 2 is 2.10 bits per heavy atom. The highest BCUT2D eigenvalue weighted by Gasteiger charge is 2.09. The Balaban J connectivity index is 2.21. The quantitative estimate of drug-likeness (QED) is 0.901. The minimum absolute atomic E-state index is 0.520. The van der Waals surface area contributed by atoms with E-state index in [1.807, 2.05) is 36.0 Å². The molecule has 0 bridgehead atoms. The smallest absolute Gasteiger partial charge is 0.0663 e. The van der Waals surface area contributed by atoms with Gasteiger partial charge >= 0.3 is 0 Å². The van der Waals surface area contributed by atoms with E-state index in [4.69, 9.17) is 11.6 Å². The standard InChI is InChI=1S/C16H22ClN3/c1-5-12(3)18-9-14-10-19-20(13(14)4)15-7-6-11(2)16(17)8-15/h6-8,10,12,18H,5,9H2,1-4H3. The van der Waals surface area contributed by atoms with E-state index in [2.05, 4.69) is 31.2 Å². The van der Waals surface area contributed by atoms with Gasteiger partial charge in [-0.15, -0.1) is 0 Å². The fourth-order valence-corrected chi connectivity index (χ4v) is 2.19. The average molecular weight is 292 g/mol. The SMILES string of the molecule is CCC(C)NCc1cnn(-c2ccc(C)c(Cl)c2)c1C. The fourth-order valence-electron chi connectivity index (χ4n) is 2.02. The summed E-state index contributed by atoms with van der Waals surface area (Å²) < 4.78 is 1.94. The lowest BCUT2D eigenvalue weighted by Crippen LogP contribution is -2.24. The molecule has 0 aliphatic heterocycles. The molecule has 0 saturated heterocycles. The van der Waals surface area contributed by atoms with Gasteiger partial charge in [0.05, 0.1) is 11.9 Å². The van der Waals surface area contributed by atoms with Crippen molar-refractivity contribution in [3.05, 3.63) is 46.2 Å². The maximum atomic E-state index is 6.19. The van der Waals surface area contributed by atoms with Crippen molar-refractivity contribution in [2.24, 2.45) is 0 Å². The van der Waals surface area contributed by atoms with Gasteiger partial charge in [0, 0.05) is 28.9 Å². The van der Waals surface area contributed by atoms with E-state index < -0.39 is 0 Å². The first-order valence-electron chi connectivity index (χ1n) is 7.06. The van der Waals surface area contributed by atoms with Gasteiger partial charge in [-0.25, -0.2) is 4.68 Å². The maximum absolute atomic E-state index is 6.19. The molecule has 1 atom stereocenters. The Labute approximate surface area is 126 Å². The predicted molar refractivity (Wildman–Crippen MR) is 84.6 cm³/mol. The van der Waals surface area contributed by atoms with Crippen molar-refractivity contribution in [3.63, 3.8) is 0 Å². The number of hydrogen-bond donors (Lipinski definition) is 1. The monoisotopic (exact) mass is 291 g/mol. The molecule has 1 aromatic heterocycles. The highest BCUT2D eigenvalue weighted by molar-refractivity contribution is 6.31. The molecular formula is C16H22ClN3. The van der Waals surface area contributed by atoms with Crippen LogP contribution in [0.25, 0.3) is 5.69 Å². The van der Waals surface area contributed by atoms with E-state index in [0.29, 0.717) is 6.04 Å². The van der Waals surface area contributed by atoms with Gasteiger partial charge in [-0.2, -0.15) is 5.10 Å². The second-order valence-electron chi connectivity index (χ2n) is 5.29. The molecule has 0 amide bonds. The number of aromatic nitrogens is 2. The molecule has 1 N–H and O–H groups in total. The molecular weight excluding hydrogens is 270 g/mol. The molecule has 20 heavy (non-hydrogen) atoms. The lowest BCUT2D eigenvalue weighted by molar-refractivity contribution is 0.533. The summed E-state index contributed by atoms with van der Waals surface area (Å²) in [6.45, 7) is 9.32. The van der Waals surface area contributed by atoms with Gasteiger partial charge in [0.1, 0.15) is 0 Å². The average Bonchev–Trinajstić information content (AvgIpc) is 2.80. The Hall–Kier alpha value is -1.32. The lowest BCUT2D eigenvalue weighted by Gasteiger charge is -2.11. The van der Waals surface area contributed by atoms with Crippen molar-refractivity contribution in [1.29, 1.82) is 0 Å². The van der Waals surface area contributed by atoms with Crippen molar-refractivity contribution in [2.45, 2.75) is 46.7 Å². The van der Waals surface area contributed by atoms with Gasteiger partial charge in [-0.1, -0.05) is 24.6 Å². The Kier molecular flexibility index (Phi) is 4.84. The third kappa shape index (κ3) is 3.22. The third-order valence-corrected chi connectivity index (χ3v) is 4.17. The van der Waals surface area contributed by atoms with E-state index in [-0.39, 0.29) is 0 Å². The molecule has 0 radical (unpaired) electrons. The molecule has 0 aliphatic rings. The van der Waals surface area contributed by atoms with Gasteiger partial charge < -0.3 is 5.32 Å². The zero-order chi connectivity index (χ0) is 14.7. The molecule has 4 heteroatoms. The predicted octanol–water partition coefficient (Wildman–Crippen LogP) is 4.03. The summed E-state index contributed by atoms with van der Waals surface area (Å²) in [7, 11) is 0. The zero-order valence-electron chi connectivity index (χ0n) is 12.6. The summed E-state index contributed by atoms with van der Waals surface area (Å²) in [5.41, 5.74) is 4.47. The molecule has 0 aliphatic carbocycles. The van der Waals surface area contributed by atoms with Crippen LogP contribution in [0.3, 0.4) is 0 Å². The normalized spacial score (nSPS) is 12.7. The van der Waals surface area contributed by atoms with Gasteiger partial charge in [0.15, 0.2) is 0 Å². The van der Waals surface area contributed by atoms with Crippen LogP contribution in [0.2, 0.25) is 5.02 Å². The summed E-state index contributed by atoms with van der Waals surface area (Å²) >= 11 is 6.19. The molecule has 0 spiro atoms. The van der Waals surface area contributed by atoms with Crippen LogP contribution < -0.4 is 5.32 Å². The summed E-state index contributed by atoms with van der Waals surface area (Å²) in [6, 6.07) is 6.55. The third-order valence-electron chi connectivity index (χ3n) is 3.76. The number of hydrogen-bond acceptors (Lipinski definition) is 2. The topological polar surface area (TPSA) is 29.9 Å². The van der Waals surface area contributed by atoms with Crippen molar-refractivity contribution in [1.82, 2.24) is 15.1 Å². The first-order chi connectivity index (χ1) is 9.52. The minimum atomic E-state index is 0.520. The maximum Gasteiger partial charge on any atom is 0.0663 e. The Morgan fingerprint density at radius 3 is 2.75 bits per heavy atom. The van der Waals surface area contributed by atoms with E-state index in [9.17, 15) is 0 Å². The van der Waals surface area contributed by atoms with Crippen molar-refractivity contribution in [2.75, 3.05) is 0 Å². The van der Waals surface area contributed by atoms with Crippen LogP contribution in [-0.2, 0) is 6.54 Å². The summed E-state index contributed by atoms with van der Waals surface area (Å²) in [6.07, 6.45) is 3.05. The van der Waals surface area contributed by atoms with Gasteiger partial charge in [-0.05, 0) is 44.9 Å². The van der Waals surface area contributed by atoms with Crippen LogP contribution >= 0.6 is 11.6 Å². The molecule has 2 rings (SSSR count). The van der Waals surface area contributed by atoms with E-state index in [1.165, 1.54) is 5.56 Å². The number of aryl methyl sites for hydroxylation is 1. The van der Waals surface area contributed by atoms with Crippen LogP contribution in [0.5, 0.6) is 0 Å². The fraction of sp³-hybridized carbons (Fsp3) is 0.438. The molecule has 0 saturated carbocycles. The van der Waals surface area contributed by atoms with E-state index in [0.717, 1.165) is 34.9 Å². The van der Waals surface area contributed by atoms with Crippen LogP contribution in [0.1, 0.15) is 37.1 Å². The number of nitrogens with one attached hydrogen (secondary N) is 1. The highest BCUT2D eigenvalue weighted by Crippen LogP contribution is 2.21. The van der Waals surface area contributed by atoms with E-state index >= 15 is 0 Å². The minimum Gasteiger partial charge on any atom is -0.310 e. The second kappa shape index (κ2) is 6.42. The lowest BCUT2D eigenvalue weighted by atomic mass is 10.2. The van der Waals surface area contributed by atoms with Gasteiger partial charge in [0.25, 0.3) is 0 Å². The first kappa shape index (κ1) is 15.1. The van der Waals surface area contributed by atoms with Gasteiger partial charge in [0.2, 0.25) is 0 Å². The summed E-state index contributed by atoms with van der Waals surface area (Å²) in [4.78, 5) is 0. The summed E-state index contributed by atoms with van der Waals surface area (Å²) in [5, 5.41) is 8.75. The number of benzene rings is 1. The number of rotatable bonds is 5. The second-order valence-corrected chi connectivity index (χ2v) is 5.70. The number of nitrogens with zero attached hydrogens (tertiary/aromatic N) is 2. The molecule has 1 unspecified atom stereocenters. The van der Waals surface area contributed by atoms with Crippen molar-refractivity contribution < 1.29 is 0 Å². The van der Waals surface area contributed by atoms with Crippen LogP contribution in [-0.4, -0.2) is 15.8 Å². The Morgan fingerprint density at radius 1 is 1.35 bits per heavy atom. The summed E-state index contributed by atoms with van der Waals surface area (Å²) in [5.74, 6) is 0. The van der Waals surface area contributed by atoms with Crippen molar-refractivity contribution >= 4 is 11.6 Å². The molecule has 0 fully saturated rings. The van der Waals surface area contributed by atoms with Crippen molar-refractivity contribution in [3.8, 4) is 5.69 Å². The molecule has 2 aromatic rings. The molecule has 108 valence electrons. The molecule has 3 nitrogen and oxygen atoms in total. The Bertz CT molecular complexity index is 589. The van der Waals surface area contributed by atoms with Crippen LogP contribution in [0.4, 0.5) is 0 Å². The largest absolute Gasteiger partial charge is 0.310 e. The molecule has 1 aromatic carbocycles. The van der Waals surface area contributed by atoms with Gasteiger partial charge in [-0.3, -0.25) is 0 Å². The zero-order valence-corrected chi connectivity index (χ0v) is 13.3.